The minimum Gasteiger partial charge on any atom is -0.504 e. The van der Waals surface area contributed by atoms with Crippen LogP contribution in [0.5, 0.6) is 11.5 Å². The van der Waals surface area contributed by atoms with E-state index < -0.39 is 0 Å². The molecule has 3 aromatic rings. The molecule has 1 aromatic carbocycles. The van der Waals surface area contributed by atoms with E-state index in [0.717, 1.165) is 0 Å². The van der Waals surface area contributed by atoms with Gasteiger partial charge >= 0.3 is 0 Å². The molecule has 7 heteroatoms. The maximum absolute atomic E-state index is 11.8. The van der Waals surface area contributed by atoms with E-state index in [9.17, 15) is 15.0 Å². The van der Waals surface area contributed by atoms with Gasteiger partial charge in [-0.1, -0.05) is 0 Å². The Balaban J connectivity index is 2.65. The number of nitrogens with one attached hydrogen (secondary N) is 3. The van der Waals surface area contributed by atoms with Crippen LogP contribution in [-0.4, -0.2) is 25.2 Å². The quantitative estimate of drug-likeness (QED) is 0.307. The van der Waals surface area contributed by atoms with Gasteiger partial charge in [0.2, 0.25) is 0 Å². The predicted molar refractivity (Wildman–Crippen MR) is 64.9 cm³/mol. The van der Waals surface area contributed by atoms with Crippen LogP contribution in [0.25, 0.3) is 21.9 Å². The average Bonchev–Trinajstić information content (AvgIpc) is 2.56. The molecule has 0 saturated carbocycles. The minimum absolute atomic E-state index is 0.211. The lowest BCUT2D eigenvalue weighted by Crippen LogP contribution is -2.06. The molecule has 6 nitrogen and oxygen atoms in total. The van der Waals surface area contributed by atoms with Gasteiger partial charge < -0.3 is 20.2 Å². The number of phenolic OH excluding ortho intramolecular Hbond substituents is 2. The number of phenols is 2. The molecule has 2 aromatic heterocycles. The van der Waals surface area contributed by atoms with Crippen molar-refractivity contribution in [1.82, 2.24) is 15.0 Å². The Hall–Kier alpha value is -2.28. The van der Waals surface area contributed by atoms with Crippen molar-refractivity contribution in [3.05, 3.63) is 27.3 Å². The Labute approximate surface area is 98.6 Å². The highest BCUT2D eigenvalue weighted by Gasteiger charge is 2.11. The van der Waals surface area contributed by atoms with Crippen LogP contribution in [0.1, 0.15) is 0 Å². The van der Waals surface area contributed by atoms with E-state index in [1.54, 1.807) is 0 Å². The zero-order chi connectivity index (χ0) is 12.2. The fourth-order valence-electron chi connectivity index (χ4n) is 1.86. The largest absolute Gasteiger partial charge is 0.504 e. The standard InChI is InChI=1S/C10H7N3O3S/c14-5-1-3-4(2-6(5)15)11-8-7(3)9(16)13-10(17)12-8/h1-2,14-15H,(H3,11,12,13,16,17). The second-order valence-electron chi connectivity index (χ2n) is 3.67. The zero-order valence-electron chi connectivity index (χ0n) is 8.37. The maximum Gasteiger partial charge on any atom is 0.261 e. The van der Waals surface area contributed by atoms with Crippen molar-refractivity contribution >= 4 is 34.2 Å². The number of H-pyrrole nitrogens is 3. The summed E-state index contributed by atoms with van der Waals surface area (Å²) in [6, 6.07) is 2.68. The van der Waals surface area contributed by atoms with Crippen LogP contribution in [-0.2, 0) is 0 Å². The van der Waals surface area contributed by atoms with Crippen molar-refractivity contribution < 1.29 is 10.2 Å². The van der Waals surface area contributed by atoms with Gasteiger partial charge in [-0.05, 0) is 18.3 Å². The first kappa shape index (κ1) is 9.91. The highest BCUT2D eigenvalue weighted by molar-refractivity contribution is 7.71. The number of aromatic amines is 3. The molecule has 0 unspecified atom stereocenters. The molecular weight excluding hydrogens is 242 g/mol. The van der Waals surface area contributed by atoms with Crippen molar-refractivity contribution in [2.45, 2.75) is 0 Å². The second kappa shape index (κ2) is 3.11. The average molecular weight is 249 g/mol. The zero-order valence-corrected chi connectivity index (χ0v) is 9.18. The number of hydrogen-bond acceptors (Lipinski definition) is 4. The SMILES string of the molecule is O=c1[nH]c(=S)[nH]c2[nH]c3cc(O)c(O)cc3c12. The number of rotatable bonds is 0. The third-order valence-electron chi connectivity index (χ3n) is 2.59. The van der Waals surface area contributed by atoms with Crippen molar-refractivity contribution in [2.24, 2.45) is 0 Å². The summed E-state index contributed by atoms with van der Waals surface area (Å²) in [6.07, 6.45) is 0. The molecule has 0 radical (unpaired) electrons. The third kappa shape index (κ3) is 1.32. The summed E-state index contributed by atoms with van der Waals surface area (Å²) in [5, 5.41) is 19.7. The lowest BCUT2D eigenvalue weighted by atomic mass is 10.2. The number of aromatic nitrogens is 3. The van der Waals surface area contributed by atoms with E-state index in [1.165, 1.54) is 12.1 Å². The summed E-state index contributed by atoms with van der Waals surface area (Å²) in [5.74, 6) is -0.528. The summed E-state index contributed by atoms with van der Waals surface area (Å²) in [4.78, 5) is 19.9. The van der Waals surface area contributed by atoms with Gasteiger partial charge in [0, 0.05) is 11.5 Å². The first-order valence-corrected chi connectivity index (χ1v) is 5.17. The Morgan fingerprint density at radius 1 is 1.06 bits per heavy atom. The molecular formula is C10H7N3O3S. The smallest absolute Gasteiger partial charge is 0.261 e. The van der Waals surface area contributed by atoms with Crippen molar-refractivity contribution in [2.75, 3.05) is 0 Å². The van der Waals surface area contributed by atoms with Gasteiger partial charge in [0.15, 0.2) is 16.3 Å². The van der Waals surface area contributed by atoms with Crippen LogP contribution in [0.3, 0.4) is 0 Å². The first-order valence-electron chi connectivity index (χ1n) is 4.76. The third-order valence-corrected chi connectivity index (χ3v) is 2.79. The Bertz CT molecular complexity index is 859. The Morgan fingerprint density at radius 3 is 2.53 bits per heavy atom. The van der Waals surface area contributed by atoms with Gasteiger partial charge in [0.1, 0.15) is 5.65 Å². The molecule has 0 bridgehead atoms. The fraction of sp³-hybridized carbons (Fsp3) is 0. The van der Waals surface area contributed by atoms with Crippen LogP contribution in [0, 0.1) is 4.77 Å². The molecule has 0 aliphatic rings. The van der Waals surface area contributed by atoms with Crippen LogP contribution >= 0.6 is 12.2 Å². The predicted octanol–water partition coefficient (Wildman–Crippen LogP) is 1.48. The minimum atomic E-state index is -0.347. The lowest BCUT2D eigenvalue weighted by Gasteiger charge is -1.96. The lowest BCUT2D eigenvalue weighted by molar-refractivity contribution is 0.405. The fourth-order valence-corrected chi connectivity index (χ4v) is 2.05. The van der Waals surface area contributed by atoms with Gasteiger partial charge in [-0.2, -0.15) is 0 Å². The van der Waals surface area contributed by atoms with Crippen LogP contribution in [0.4, 0.5) is 0 Å². The summed E-state index contributed by atoms with van der Waals surface area (Å²) < 4.78 is 0.211. The first-order chi connectivity index (χ1) is 8.06. The molecule has 2 heterocycles. The molecule has 0 atom stereocenters. The molecule has 0 spiro atoms. The highest BCUT2D eigenvalue weighted by atomic mass is 32.1. The topological polar surface area (TPSA) is 105 Å². The van der Waals surface area contributed by atoms with Gasteiger partial charge in [0.05, 0.1) is 10.9 Å². The van der Waals surface area contributed by atoms with Gasteiger partial charge in [0.25, 0.3) is 5.56 Å². The van der Waals surface area contributed by atoms with Crippen LogP contribution < -0.4 is 5.56 Å². The van der Waals surface area contributed by atoms with E-state index in [0.29, 0.717) is 21.9 Å². The molecule has 0 aliphatic heterocycles. The maximum atomic E-state index is 11.8. The highest BCUT2D eigenvalue weighted by Crippen LogP contribution is 2.32. The summed E-state index contributed by atoms with van der Waals surface area (Å²) in [7, 11) is 0. The van der Waals surface area contributed by atoms with E-state index >= 15 is 0 Å². The molecule has 86 valence electrons. The van der Waals surface area contributed by atoms with Crippen LogP contribution in [0.2, 0.25) is 0 Å². The number of hydrogen-bond donors (Lipinski definition) is 5. The van der Waals surface area contributed by atoms with E-state index in [4.69, 9.17) is 12.2 Å². The summed E-state index contributed by atoms with van der Waals surface area (Å²) in [5.41, 5.74) is 0.650. The Morgan fingerprint density at radius 2 is 1.76 bits per heavy atom. The molecule has 3 rings (SSSR count). The normalized spacial score (nSPS) is 11.3. The van der Waals surface area contributed by atoms with Gasteiger partial charge in [-0.25, -0.2) is 0 Å². The number of benzene rings is 1. The van der Waals surface area contributed by atoms with Gasteiger partial charge in [-0.3, -0.25) is 9.78 Å². The van der Waals surface area contributed by atoms with Gasteiger partial charge in [-0.15, -0.1) is 0 Å². The molecule has 0 aliphatic carbocycles. The Kier molecular flexibility index (Phi) is 1.81. The molecule has 0 fully saturated rings. The summed E-state index contributed by atoms with van der Waals surface area (Å²) in [6.45, 7) is 0. The number of aromatic hydroxyl groups is 2. The second-order valence-corrected chi connectivity index (χ2v) is 4.08. The van der Waals surface area contributed by atoms with Crippen molar-refractivity contribution in [3.8, 4) is 11.5 Å². The number of fused-ring (bicyclic) bond motifs is 3. The molecule has 5 N–H and O–H groups in total. The molecule has 0 saturated heterocycles. The molecule has 17 heavy (non-hydrogen) atoms. The van der Waals surface area contributed by atoms with Crippen molar-refractivity contribution in [1.29, 1.82) is 0 Å². The summed E-state index contributed by atoms with van der Waals surface area (Å²) >= 11 is 4.85. The van der Waals surface area contributed by atoms with Crippen LogP contribution in [0.15, 0.2) is 16.9 Å². The van der Waals surface area contributed by atoms with E-state index in [2.05, 4.69) is 15.0 Å². The van der Waals surface area contributed by atoms with E-state index in [1.807, 2.05) is 0 Å². The monoisotopic (exact) mass is 249 g/mol. The van der Waals surface area contributed by atoms with E-state index in [-0.39, 0.29) is 21.8 Å². The molecule has 0 amide bonds. The van der Waals surface area contributed by atoms with Crippen molar-refractivity contribution in [3.63, 3.8) is 0 Å².